The van der Waals surface area contributed by atoms with E-state index in [9.17, 15) is 4.79 Å². The zero-order chi connectivity index (χ0) is 12.7. The van der Waals surface area contributed by atoms with Gasteiger partial charge >= 0.3 is 5.97 Å². The summed E-state index contributed by atoms with van der Waals surface area (Å²) in [6.45, 7) is 2.83. The number of rotatable bonds is 4. The number of halogens is 1. The molecule has 4 unspecified atom stereocenters. The van der Waals surface area contributed by atoms with Gasteiger partial charge in [0, 0.05) is 4.47 Å². The molecule has 18 heavy (non-hydrogen) atoms. The molecule has 2 aliphatic rings. The summed E-state index contributed by atoms with van der Waals surface area (Å²) in [7, 11) is 0. The second kappa shape index (κ2) is 4.69. The largest absolute Gasteiger partial charge is 0.465 e. The smallest absolute Gasteiger partial charge is 0.309 e. The molecule has 3 heteroatoms. The number of hydrogen-bond acceptors (Lipinski definition) is 2. The maximum atomic E-state index is 11.9. The Morgan fingerprint density at radius 3 is 2.89 bits per heavy atom. The minimum Gasteiger partial charge on any atom is -0.465 e. The Bertz CT molecular complexity index is 471. The highest BCUT2D eigenvalue weighted by atomic mass is 79.9. The topological polar surface area (TPSA) is 26.3 Å². The third-order valence-electron chi connectivity index (χ3n) is 4.09. The van der Waals surface area contributed by atoms with Crippen LogP contribution < -0.4 is 0 Å². The van der Waals surface area contributed by atoms with Gasteiger partial charge in [0.05, 0.1) is 12.5 Å². The number of carbonyl (C=O) groups is 1. The van der Waals surface area contributed by atoms with Crippen molar-refractivity contribution in [1.82, 2.24) is 0 Å². The fourth-order valence-corrected chi connectivity index (χ4v) is 2.91. The van der Waals surface area contributed by atoms with Crippen LogP contribution in [0.15, 0.2) is 28.7 Å². The lowest BCUT2D eigenvalue weighted by Crippen LogP contribution is -2.10. The minimum atomic E-state index is -0.000856. The minimum absolute atomic E-state index is 0.000856. The van der Waals surface area contributed by atoms with Crippen LogP contribution in [0.4, 0.5) is 0 Å². The van der Waals surface area contributed by atoms with Crippen molar-refractivity contribution in [2.75, 3.05) is 6.61 Å². The number of ether oxygens (including phenoxy) is 1. The summed E-state index contributed by atoms with van der Waals surface area (Å²) in [5, 5.41) is 0. The predicted molar refractivity (Wildman–Crippen MR) is 73.2 cm³/mol. The van der Waals surface area contributed by atoms with E-state index >= 15 is 0 Å². The first-order valence-electron chi connectivity index (χ1n) is 6.57. The summed E-state index contributed by atoms with van der Waals surface area (Å²) in [5.74, 6) is 1.83. The van der Waals surface area contributed by atoms with Gasteiger partial charge < -0.3 is 4.74 Å². The van der Waals surface area contributed by atoms with E-state index in [0.29, 0.717) is 18.4 Å². The zero-order valence-corrected chi connectivity index (χ0v) is 12.0. The molecule has 2 saturated carbocycles. The SMILES string of the molecule is CC1CC1COC(=O)C1CC1c1cccc(Br)c1. The Kier molecular flexibility index (Phi) is 3.18. The monoisotopic (exact) mass is 308 g/mol. The van der Waals surface area contributed by atoms with Crippen molar-refractivity contribution in [1.29, 1.82) is 0 Å². The molecule has 0 radical (unpaired) electrons. The van der Waals surface area contributed by atoms with E-state index in [4.69, 9.17) is 4.74 Å². The Hall–Kier alpha value is -0.830. The average molecular weight is 309 g/mol. The Balaban J connectivity index is 1.52. The van der Waals surface area contributed by atoms with Crippen LogP contribution in [0.5, 0.6) is 0 Å². The van der Waals surface area contributed by atoms with Gasteiger partial charge in [-0.05, 0) is 48.3 Å². The number of benzene rings is 1. The molecular formula is C15H17BrO2. The van der Waals surface area contributed by atoms with Crippen LogP contribution in [0.1, 0.15) is 31.2 Å². The molecule has 4 atom stereocenters. The van der Waals surface area contributed by atoms with Gasteiger partial charge in [0.25, 0.3) is 0 Å². The molecule has 2 nitrogen and oxygen atoms in total. The highest BCUT2D eigenvalue weighted by Gasteiger charge is 2.46. The molecule has 0 bridgehead atoms. The first kappa shape index (κ1) is 12.2. The average Bonchev–Trinajstić information content (AvgIpc) is 3.22. The molecule has 0 aromatic heterocycles. The van der Waals surface area contributed by atoms with Crippen molar-refractivity contribution in [3.05, 3.63) is 34.3 Å². The van der Waals surface area contributed by atoms with Gasteiger partial charge in [-0.25, -0.2) is 0 Å². The Morgan fingerprint density at radius 2 is 2.22 bits per heavy atom. The third kappa shape index (κ3) is 2.61. The van der Waals surface area contributed by atoms with Crippen molar-refractivity contribution in [2.45, 2.75) is 25.7 Å². The molecule has 3 rings (SSSR count). The standard InChI is InChI=1S/C15H17BrO2/c1-9-5-11(9)8-18-15(17)14-7-13(14)10-3-2-4-12(16)6-10/h2-4,6,9,11,13-14H,5,7-8H2,1H3. The highest BCUT2D eigenvalue weighted by molar-refractivity contribution is 9.10. The molecule has 96 valence electrons. The fourth-order valence-electron chi connectivity index (χ4n) is 2.49. The van der Waals surface area contributed by atoms with Gasteiger partial charge in [-0.3, -0.25) is 4.79 Å². The molecule has 0 heterocycles. The quantitative estimate of drug-likeness (QED) is 0.792. The summed E-state index contributed by atoms with van der Waals surface area (Å²) in [5.41, 5.74) is 1.24. The van der Waals surface area contributed by atoms with Crippen molar-refractivity contribution in [2.24, 2.45) is 17.8 Å². The van der Waals surface area contributed by atoms with Crippen molar-refractivity contribution >= 4 is 21.9 Å². The summed E-state index contributed by atoms with van der Waals surface area (Å²) in [6.07, 6.45) is 2.16. The third-order valence-corrected chi connectivity index (χ3v) is 4.58. The van der Waals surface area contributed by atoms with Crippen molar-refractivity contribution in [3.63, 3.8) is 0 Å². The summed E-state index contributed by atoms with van der Waals surface area (Å²) in [4.78, 5) is 11.9. The van der Waals surface area contributed by atoms with E-state index < -0.39 is 0 Å². The number of esters is 1. The van der Waals surface area contributed by atoms with Gasteiger partial charge in [0.2, 0.25) is 0 Å². The molecule has 0 aliphatic heterocycles. The molecular weight excluding hydrogens is 292 g/mol. The molecule has 1 aromatic rings. The number of carbonyl (C=O) groups excluding carboxylic acids is 1. The summed E-state index contributed by atoms with van der Waals surface area (Å²) >= 11 is 3.46. The maximum Gasteiger partial charge on any atom is 0.309 e. The van der Waals surface area contributed by atoms with Crippen molar-refractivity contribution < 1.29 is 9.53 Å². The van der Waals surface area contributed by atoms with Gasteiger partial charge in [-0.1, -0.05) is 35.0 Å². The van der Waals surface area contributed by atoms with Crippen LogP contribution in [0.3, 0.4) is 0 Å². The maximum absolute atomic E-state index is 11.9. The zero-order valence-electron chi connectivity index (χ0n) is 10.4. The normalized spacial score (nSPS) is 33.0. The summed E-state index contributed by atoms with van der Waals surface area (Å²) < 4.78 is 6.47. The highest BCUT2D eigenvalue weighted by Crippen LogP contribution is 2.49. The summed E-state index contributed by atoms with van der Waals surface area (Å²) in [6, 6.07) is 8.21. The van der Waals surface area contributed by atoms with Crippen LogP contribution in [-0.4, -0.2) is 12.6 Å². The number of hydrogen-bond donors (Lipinski definition) is 0. The lowest BCUT2D eigenvalue weighted by Gasteiger charge is -2.04. The van der Waals surface area contributed by atoms with E-state index in [2.05, 4.69) is 35.0 Å². The van der Waals surface area contributed by atoms with Crippen LogP contribution in [0.25, 0.3) is 0 Å². The first-order valence-corrected chi connectivity index (χ1v) is 7.36. The van der Waals surface area contributed by atoms with Gasteiger partial charge in [0.1, 0.15) is 0 Å². The van der Waals surface area contributed by atoms with Gasteiger partial charge in [0.15, 0.2) is 0 Å². The Morgan fingerprint density at radius 1 is 1.44 bits per heavy atom. The second-order valence-electron chi connectivity index (χ2n) is 5.61. The molecule has 1 aromatic carbocycles. The lowest BCUT2D eigenvalue weighted by molar-refractivity contribution is -0.145. The molecule has 2 aliphatic carbocycles. The van der Waals surface area contributed by atoms with E-state index in [-0.39, 0.29) is 11.9 Å². The fraction of sp³-hybridized carbons (Fsp3) is 0.533. The van der Waals surface area contributed by atoms with E-state index in [1.807, 2.05) is 12.1 Å². The van der Waals surface area contributed by atoms with Crippen LogP contribution in [0, 0.1) is 17.8 Å². The van der Waals surface area contributed by atoms with Gasteiger partial charge in [-0.2, -0.15) is 0 Å². The molecule has 0 amide bonds. The van der Waals surface area contributed by atoms with Crippen molar-refractivity contribution in [3.8, 4) is 0 Å². The van der Waals surface area contributed by atoms with Crippen LogP contribution >= 0.6 is 15.9 Å². The molecule has 0 N–H and O–H groups in total. The Labute approximate surface area is 116 Å². The lowest BCUT2D eigenvalue weighted by atomic mass is 10.1. The van der Waals surface area contributed by atoms with Crippen LogP contribution in [-0.2, 0) is 9.53 Å². The van der Waals surface area contributed by atoms with E-state index in [0.717, 1.165) is 16.8 Å². The molecule has 0 spiro atoms. The van der Waals surface area contributed by atoms with E-state index in [1.165, 1.54) is 12.0 Å². The molecule has 2 fully saturated rings. The predicted octanol–water partition coefficient (Wildman–Crippen LogP) is 3.75. The second-order valence-corrected chi connectivity index (χ2v) is 6.52. The molecule has 0 saturated heterocycles. The van der Waals surface area contributed by atoms with Crippen LogP contribution in [0.2, 0.25) is 0 Å². The van der Waals surface area contributed by atoms with Gasteiger partial charge in [-0.15, -0.1) is 0 Å². The van der Waals surface area contributed by atoms with E-state index in [1.54, 1.807) is 0 Å². The first-order chi connectivity index (χ1) is 8.65.